The molecule has 170 valence electrons. The second-order valence-corrected chi connectivity index (χ2v) is 12.0. The first-order valence-corrected chi connectivity index (χ1v) is 13.7. The number of aromatic nitrogens is 2. The van der Waals surface area contributed by atoms with E-state index in [9.17, 15) is 13.2 Å². The molecule has 0 N–H and O–H groups in total. The third-order valence-electron chi connectivity index (χ3n) is 6.33. The standard InChI is InChI=1S/C23H27N3O4S2/c1-16-20-12-21(31-23(20)26(24-16)13-17-6-3-2-4-7-17)22(27)25(14-19-8-5-10-30-19)18-9-11-32(28,29)15-18/h2-4,6-7,12,18-19H,5,8-11,13-15H2,1H3/t18-,19-/m1/s1. The summed E-state index contributed by atoms with van der Waals surface area (Å²) in [7, 11) is -3.10. The number of aryl methyl sites for hydroxylation is 1. The summed E-state index contributed by atoms with van der Waals surface area (Å²) in [5.41, 5.74) is 2.04. The van der Waals surface area contributed by atoms with Crippen molar-refractivity contribution in [2.45, 2.75) is 44.9 Å². The Morgan fingerprint density at radius 1 is 1.28 bits per heavy atom. The van der Waals surface area contributed by atoms with E-state index in [1.54, 1.807) is 4.90 Å². The van der Waals surface area contributed by atoms with E-state index in [4.69, 9.17) is 4.74 Å². The van der Waals surface area contributed by atoms with Crippen molar-refractivity contribution in [2.75, 3.05) is 24.7 Å². The van der Waals surface area contributed by atoms with Gasteiger partial charge in [-0.05, 0) is 37.8 Å². The van der Waals surface area contributed by atoms with Crippen molar-refractivity contribution in [1.29, 1.82) is 0 Å². The van der Waals surface area contributed by atoms with Gasteiger partial charge in [0.05, 0.1) is 34.7 Å². The zero-order chi connectivity index (χ0) is 22.3. The molecule has 0 radical (unpaired) electrons. The highest BCUT2D eigenvalue weighted by atomic mass is 32.2. The van der Waals surface area contributed by atoms with Crippen molar-refractivity contribution in [3.63, 3.8) is 0 Å². The van der Waals surface area contributed by atoms with E-state index in [-0.39, 0.29) is 29.6 Å². The van der Waals surface area contributed by atoms with Gasteiger partial charge < -0.3 is 9.64 Å². The first kappa shape index (κ1) is 21.6. The molecule has 32 heavy (non-hydrogen) atoms. The number of carbonyl (C=O) groups is 1. The molecule has 0 spiro atoms. The number of carbonyl (C=O) groups excluding carboxylic acids is 1. The molecule has 0 saturated carbocycles. The maximum atomic E-state index is 13.6. The second kappa shape index (κ2) is 8.61. The van der Waals surface area contributed by atoms with Crippen LogP contribution in [0.3, 0.4) is 0 Å². The number of hydrogen-bond acceptors (Lipinski definition) is 6. The van der Waals surface area contributed by atoms with Gasteiger partial charge in [0, 0.05) is 24.6 Å². The summed E-state index contributed by atoms with van der Waals surface area (Å²) >= 11 is 1.44. The van der Waals surface area contributed by atoms with Crippen LogP contribution in [0.5, 0.6) is 0 Å². The molecule has 2 saturated heterocycles. The van der Waals surface area contributed by atoms with Gasteiger partial charge in [0.1, 0.15) is 4.83 Å². The SMILES string of the molecule is Cc1nn(Cc2ccccc2)c2sc(C(=O)N(C[C@H]3CCCO3)[C@@H]3CCS(=O)(=O)C3)cc12. The lowest BCUT2D eigenvalue weighted by Crippen LogP contribution is -2.45. The lowest BCUT2D eigenvalue weighted by molar-refractivity contribution is 0.0445. The number of ether oxygens (including phenoxy) is 1. The van der Waals surface area contributed by atoms with E-state index in [2.05, 4.69) is 17.2 Å². The number of amides is 1. The summed E-state index contributed by atoms with van der Waals surface area (Å²) in [5, 5.41) is 5.65. The van der Waals surface area contributed by atoms with Crippen LogP contribution in [0.1, 0.15) is 40.2 Å². The van der Waals surface area contributed by atoms with Crippen LogP contribution in [-0.4, -0.2) is 65.8 Å². The number of fused-ring (bicyclic) bond motifs is 1. The molecule has 2 fully saturated rings. The van der Waals surface area contributed by atoms with Gasteiger partial charge in [-0.25, -0.2) is 8.42 Å². The van der Waals surface area contributed by atoms with Crippen molar-refractivity contribution < 1.29 is 17.9 Å². The van der Waals surface area contributed by atoms with Gasteiger partial charge in [0.25, 0.3) is 5.91 Å². The van der Waals surface area contributed by atoms with Gasteiger partial charge >= 0.3 is 0 Å². The molecule has 0 aliphatic carbocycles. The fraction of sp³-hybridized carbons (Fsp3) is 0.478. The molecular weight excluding hydrogens is 446 g/mol. The van der Waals surface area contributed by atoms with Crippen LogP contribution in [0.15, 0.2) is 36.4 Å². The summed E-state index contributed by atoms with van der Waals surface area (Å²) in [6, 6.07) is 11.7. The molecule has 9 heteroatoms. The van der Waals surface area contributed by atoms with Crippen molar-refractivity contribution in [2.24, 2.45) is 0 Å². The molecule has 0 unspecified atom stereocenters. The molecule has 5 rings (SSSR count). The molecule has 2 aliphatic heterocycles. The number of nitrogens with zero attached hydrogens (tertiary/aromatic N) is 3. The van der Waals surface area contributed by atoms with Gasteiger partial charge in [-0.3, -0.25) is 9.48 Å². The van der Waals surface area contributed by atoms with E-state index >= 15 is 0 Å². The average molecular weight is 474 g/mol. The van der Waals surface area contributed by atoms with Crippen molar-refractivity contribution >= 4 is 37.3 Å². The van der Waals surface area contributed by atoms with E-state index in [1.165, 1.54) is 11.3 Å². The summed E-state index contributed by atoms with van der Waals surface area (Å²) in [5.74, 6) is 0.0799. The maximum absolute atomic E-state index is 13.6. The molecule has 0 bridgehead atoms. The van der Waals surface area contributed by atoms with Crippen LogP contribution in [0, 0.1) is 6.92 Å². The Kier molecular flexibility index (Phi) is 5.81. The minimum atomic E-state index is -3.10. The quantitative estimate of drug-likeness (QED) is 0.549. The normalized spacial score (nSPS) is 22.5. The Balaban J connectivity index is 1.45. The number of hydrogen-bond donors (Lipinski definition) is 0. The summed E-state index contributed by atoms with van der Waals surface area (Å²) in [6.45, 7) is 3.74. The molecular formula is C23H27N3O4S2. The van der Waals surface area contributed by atoms with Crippen LogP contribution >= 0.6 is 11.3 Å². The lowest BCUT2D eigenvalue weighted by Gasteiger charge is -2.30. The Bertz CT molecular complexity index is 1230. The van der Waals surface area contributed by atoms with Crippen molar-refractivity contribution in [3.8, 4) is 0 Å². The highest BCUT2D eigenvalue weighted by Gasteiger charge is 2.37. The fourth-order valence-corrected chi connectivity index (χ4v) is 7.50. The lowest BCUT2D eigenvalue weighted by atomic mass is 10.1. The highest BCUT2D eigenvalue weighted by Crippen LogP contribution is 2.31. The van der Waals surface area contributed by atoms with Crippen LogP contribution in [0.2, 0.25) is 0 Å². The first-order chi connectivity index (χ1) is 15.4. The van der Waals surface area contributed by atoms with Crippen molar-refractivity contribution in [3.05, 3.63) is 52.5 Å². The van der Waals surface area contributed by atoms with Gasteiger partial charge in [-0.1, -0.05) is 30.3 Å². The summed E-state index contributed by atoms with van der Waals surface area (Å²) in [6.07, 6.45) is 2.35. The van der Waals surface area contributed by atoms with Gasteiger partial charge in [0.15, 0.2) is 9.84 Å². The Labute approximate surface area is 191 Å². The smallest absolute Gasteiger partial charge is 0.264 e. The topological polar surface area (TPSA) is 81.5 Å². The zero-order valence-electron chi connectivity index (χ0n) is 18.1. The Hall–Kier alpha value is -2.23. The molecule has 3 aromatic rings. The molecule has 1 amide bonds. The van der Waals surface area contributed by atoms with Gasteiger partial charge in [-0.15, -0.1) is 11.3 Å². The molecule has 1 aromatic carbocycles. The second-order valence-electron chi connectivity index (χ2n) is 8.71. The Morgan fingerprint density at radius 2 is 2.09 bits per heavy atom. The zero-order valence-corrected chi connectivity index (χ0v) is 19.7. The number of thiophene rings is 1. The van der Waals surface area contributed by atoms with Gasteiger partial charge in [-0.2, -0.15) is 5.10 Å². The average Bonchev–Trinajstić information content (AvgIpc) is 3.54. The van der Waals surface area contributed by atoms with E-state index < -0.39 is 9.84 Å². The molecule has 2 aromatic heterocycles. The molecule has 4 heterocycles. The van der Waals surface area contributed by atoms with E-state index in [0.717, 1.165) is 34.3 Å². The number of rotatable bonds is 6. The minimum Gasteiger partial charge on any atom is -0.376 e. The van der Waals surface area contributed by atoms with Crippen LogP contribution < -0.4 is 0 Å². The van der Waals surface area contributed by atoms with E-state index in [0.29, 0.717) is 31.0 Å². The maximum Gasteiger partial charge on any atom is 0.264 e. The molecule has 2 aliphatic rings. The number of sulfone groups is 1. The fourth-order valence-electron chi connectivity index (χ4n) is 4.65. The number of benzene rings is 1. The third-order valence-corrected chi connectivity index (χ3v) is 9.21. The van der Waals surface area contributed by atoms with Crippen LogP contribution in [0.4, 0.5) is 0 Å². The van der Waals surface area contributed by atoms with Gasteiger partial charge in [0.2, 0.25) is 0 Å². The minimum absolute atomic E-state index is 0.0214. The van der Waals surface area contributed by atoms with Crippen molar-refractivity contribution in [1.82, 2.24) is 14.7 Å². The molecule has 7 nitrogen and oxygen atoms in total. The predicted octanol–water partition coefficient (Wildman–Crippen LogP) is 3.26. The highest BCUT2D eigenvalue weighted by molar-refractivity contribution is 7.91. The first-order valence-electron chi connectivity index (χ1n) is 11.0. The van der Waals surface area contributed by atoms with Crippen LogP contribution in [0.25, 0.3) is 10.2 Å². The Morgan fingerprint density at radius 3 is 2.78 bits per heavy atom. The van der Waals surface area contributed by atoms with Crippen LogP contribution in [-0.2, 0) is 21.1 Å². The molecule has 2 atom stereocenters. The van der Waals surface area contributed by atoms with E-state index in [1.807, 2.05) is 35.9 Å². The monoisotopic (exact) mass is 473 g/mol. The summed E-state index contributed by atoms with van der Waals surface area (Å²) < 4.78 is 32.0. The predicted molar refractivity (Wildman–Crippen MR) is 125 cm³/mol. The summed E-state index contributed by atoms with van der Waals surface area (Å²) in [4.78, 5) is 17.0. The largest absolute Gasteiger partial charge is 0.376 e. The third kappa shape index (κ3) is 4.33.